The van der Waals surface area contributed by atoms with Crippen molar-refractivity contribution in [3.63, 3.8) is 0 Å². The molecule has 0 bridgehead atoms. The van der Waals surface area contributed by atoms with E-state index in [1.54, 1.807) is 13.1 Å². The third-order valence-electron chi connectivity index (χ3n) is 4.13. The molecule has 0 radical (unpaired) electrons. The molecule has 0 atom stereocenters. The van der Waals surface area contributed by atoms with Gasteiger partial charge in [-0.05, 0) is 65.6 Å². The van der Waals surface area contributed by atoms with Gasteiger partial charge in [-0.3, -0.25) is 0 Å². The van der Waals surface area contributed by atoms with Gasteiger partial charge in [0.05, 0.1) is 0 Å². The van der Waals surface area contributed by atoms with Crippen LogP contribution < -0.4 is 10.4 Å². The van der Waals surface area contributed by atoms with Gasteiger partial charge >= 0.3 is 5.69 Å². The highest BCUT2D eigenvalue weighted by Crippen LogP contribution is 2.28. The van der Waals surface area contributed by atoms with Crippen LogP contribution in [0.2, 0.25) is 0 Å². The first kappa shape index (κ1) is 17.4. The summed E-state index contributed by atoms with van der Waals surface area (Å²) in [4.78, 5) is 12.2. The van der Waals surface area contributed by atoms with E-state index in [0.717, 1.165) is 26.7 Å². The minimum Gasteiger partial charge on any atom is -0.486 e. The summed E-state index contributed by atoms with van der Waals surface area (Å²) < 4.78 is 9.62. The van der Waals surface area contributed by atoms with Crippen molar-refractivity contribution in [2.75, 3.05) is 0 Å². The van der Waals surface area contributed by atoms with Crippen molar-refractivity contribution in [1.29, 1.82) is 0 Å². The molecule has 0 aliphatic heterocycles. The Morgan fingerprint density at radius 3 is 2.52 bits per heavy atom. The topological polar surface area (TPSA) is 61.9 Å². The van der Waals surface area contributed by atoms with E-state index in [1.165, 1.54) is 9.36 Å². The number of halogens is 1. The molecule has 25 heavy (non-hydrogen) atoms. The maximum Gasteiger partial charge on any atom is 0.368 e. The third-order valence-corrected chi connectivity index (χ3v) is 4.98. The molecular weight excluding hydrogens is 384 g/mol. The molecule has 2 aromatic carbocycles. The zero-order chi connectivity index (χ0) is 18.1. The summed E-state index contributed by atoms with van der Waals surface area (Å²) >= 11 is 3.54. The molecule has 3 aromatic rings. The minimum atomic E-state index is -0.314. The van der Waals surface area contributed by atoms with Crippen LogP contribution in [0, 0.1) is 20.8 Å². The Bertz CT molecular complexity index is 991. The summed E-state index contributed by atoms with van der Waals surface area (Å²) in [6.45, 7) is 6.45. The molecule has 0 unspecified atom stereocenters. The molecule has 7 heteroatoms. The number of ether oxygens (including phenoxy) is 1. The predicted octanol–water partition coefficient (Wildman–Crippen LogP) is 3.23. The van der Waals surface area contributed by atoms with E-state index in [-0.39, 0.29) is 5.69 Å². The monoisotopic (exact) mass is 402 g/mol. The van der Waals surface area contributed by atoms with Gasteiger partial charge in [-0.2, -0.15) is 9.36 Å². The molecule has 0 N–H and O–H groups in total. The number of tetrazole rings is 1. The van der Waals surface area contributed by atoms with Crippen molar-refractivity contribution in [2.45, 2.75) is 27.4 Å². The first-order valence-corrected chi connectivity index (χ1v) is 8.65. The van der Waals surface area contributed by atoms with Crippen molar-refractivity contribution in [3.05, 3.63) is 67.5 Å². The van der Waals surface area contributed by atoms with E-state index in [9.17, 15) is 4.79 Å². The molecule has 0 amide bonds. The van der Waals surface area contributed by atoms with Gasteiger partial charge in [0, 0.05) is 11.5 Å². The molecule has 0 spiro atoms. The number of aryl methyl sites for hydroxylation is 4. The molecule has 0 saturated heterocycles. The maximum absolute atomic E-state index is 12.2. The summed E-state index contributed by atoms with van der Waals surface area (Å²) in [5.41, 5.74) is 4.60. The van der Waals surface area contributed by atoms with Gasteiger partial charge in [0.2, 0.25) is 0 Å². The summed E-state index contributed by atoms with van der Waals surface area (Å²) in [5.74, 6) is 0.630. The zero-order valence-corrected chi connectivity index (χ0v) is 16.2. The van der Waals surface area contributed by atoms with Crippen LogP contribution in [0.15, 0.2) is 39.6 Å². The fraction of sp³-hybridized carbons (Fsp3) is 0.278. The molecule has 130 valence electrons. The van der Waals surface area contributed by atoms with Crippen molar-refractivity contribution < 1.29 is 4.74 Å². The van der Waals surface area contributed by atoms with Gasteiger partial charge in [0.25, 0.3) is 0 Å². The number of hydrogen-bond acceptors (Lipinski definition) is 4. The lowest BCUT2D eigenvalue weighted by atomic mass is 10.1. The van der Waals surface area contributed by atoms with Crippen LogP contribution in [0.1, 0.15) is 22.3 Å². The Balaban J connectivity index is 1.97. The number of benzene rings is 2. The lowest BCUT2D eigenvalue weighted by Gasteiger charge is -2.15. The summed E-state index contributed by atoms with van der Waals surface area (Å²) in [6, 6.07) is 9.80. The van der Waals surface area contributed by atoms with Crippen LogP contribution in [0.4, 0.5) is 0 Å². The molecule has 1 heterocycles. The van der Waals surface area contributed by atoms with E-state index >= 15 is 0 Å². The summed E-state index contributed by atoms with van der Waals surface area (Å²) in [7, 11) is 1.57. The largest absolute Gasteiger partial charge is 0.486 e. The smallest absolute Gasteiger partial charge is 0.368 e. The van der Waals surface area contributed by atoms with Crippen LogP contribution >= 0.6 is 15.9 Å². The standard InChI is InChI=1S/C18H19BrN4O2/c1-11-6-5-7-16(23-18(24)22(4)20-21-23)17(11)25-10-14-8-13(3)15(19)9-12(14)2/h5-9H,10H2,1-4H3. The summed E-state index contributed by atoms with van der Waals surface area (Å²) in [6.07, 6.45) is 0. The molecule has 0 aliphatic carbocycles. The van der Waals surface area contributed by atoms with Crippen molar-refractivity contribution in [1.82, 2.24) is 19.8 Å². The predicted molar refractivity (Wildman–Crippen MR) is 99.3 cm³/mol. The van der Waals surface area contributed by atoms with E-state index in [4.69, 9.17) is 4.74 Å². The fourth-order valence-corrected chi connectivity index (χ4v) is 3.06. The van der Waals surface area contributed by atoms with E-state index in [0.29, 0.717) is 18.0 Å². The van der Waals surface area contributed by atoms with E-state index < -0.39 is 0 Å². The third kappa shape index (κ3) is 3.37. The Morgan fingerprint density at radius 2 is 1.84 bits per heavy atom. The molecule has 3 rings (SSSR count). The summed E-state index contributed by atoms with van der Waals surface area (Å²) in [5, 5.41) is 7.69. The highest BCUT2D eigenvalue weighted by molar-refractivity contribution is 9.10. The molecular formula is C18H19BrN4O2. The molecule has 0 fully saturated rings. The Morgan fingerprint density at radius 1 is 1.08 bits per heavy atom. The number of rotatable bonds is 4. The second kappa shape index (κ2) is 6.84. The number of nitrogens with zero attached hydrogens (tertiary/aromatic N) is 4. The highest BCUT2D eigenvalue weighted by atomic mass is 79.9. The van der Waals surface area contributed by atoms with Crippen LogP contribution in [-0.4, -0.2) is 19.8 Å². The number of hydrogen-bond donors (Lipinski definition) is 0. The van der Waals surface area contributed by atoms with Gasteiger partial charge in [0.15, 0.2) is 0 Å². The quantitative estimate of drug-likeness (QED) is 0.671. The molecule has 6 nitrogen and oxygen atoms in total. The van der Waals surface area contributed by atoms with Crippen LogP contribution in [0.3, 0.4) is 0 Å². The van der Waals surface area contributed by atoms with Crippen molar-refractivity contribution in [2.24, 2.45) is 7.05 Å². The van der Waals surface area contributed by atoms with E-state index in [2.05, 4.69) is 45.4 Å². The van der Waals surface area contributed by atoms with E-state index in [1.807, 2.05) is 26.0 Å². The number of para-hydroxylation sites is 1. The highest BCUT2D eigenvalue weighted by Gasteiger charge is 2.15. The second-order valence-electron chi connectivity index (χ2n) is 6.04. The molecule has 0 aliphatic rings. The lowest BCUT2D eigenvalue weighted by Crippen LogP contribution is -2.22. The van der Waals surface area contributed by atoms with Gasteiger partial charge < -0.3 is 4.74 Å². The Kier molecular flexibility index (Phi) is 4.76. The first-order valence-electron chi connectivity index (χ1n) is 7.86. The van der Waals surface area contributed by atoms with Gasteiger partial charge in [-0.25, -0.2) is 4.79 Å². The van der Waals surface area contributed by atoms with Gasteiger partial charge in [0.1, 0.15) is 18.0 Å². The minimum absolute atomic E-state index is 0.314. The number of aromatic nitrogens is 4. The second-order valence-corrected chi connectivity index (χ2v) is 6.89. The van der Waals surface area contributed by atoms with Crippen LogP contribution in [0.5, 0.6) is 5.75 Å². The average Bonchev–Trinajstić information content (AvgIpc) is 2.90. The average molecular weight is 403 g/mol. The molecule has 0 saturated carbocycles. The Labute approximate surface area is 154 Å². The fourth-order valence-electron chi connectivity index (χ4n) is 2.60. The van der Waals surface area contributed by atoms with Gasteiger partial charge in [-0.15, -0.1) is 0 Å². The Hall–Kier alpha value is -2.41. The van der Waals surface area contributed by atoms with Crippen molar-refractivity contribution >= 4 is 15.9 Å². The zero-order valence-electron chi connectivity index (χ0n) is 14.6. The van der Waals surface area contributed by atoms with Crippen LogP contribution in [0.25, 0.3) is 5.69 Å². The van der Waals surface area contributed by atoms with Gasteiger partial charge in [-0.1, -0.05) is 34.1 Å². The molecule has 1 aromatic heterocycles. The normalized spacial score (nSPS) is 10.9. The van der Waals surface area contributed by atoms with Crippen molar-refractivity contribution in [3.8, 4) is 11.4 Å². The SMILES string of the molecule is Cc1cc(COc2c(C)cccc2-n2nnn(C)c2=O)c(C)cc1Br. The lowest BCUT2D eigenvalue weighted by molar-refractivity contribution is 0.301. The first-order chi connectivity index (χ1) is 11.9. The van der Waals surface area contributed by atoms with Crippen LogP contribution in [-0.2, 0) is 13.7 Å². The maximum atomic E-state index is 12.2.